The Kier molecular flexibility index (Phi) is 10.1. The highest BCUT2D eigenvalue weighted by Crippen LogP contribution is 2.33. The fourth-order valence-corrected chi connectivity index (χ4v) is 6.18. The molecule has 2 fully saturated rings. The van der Waals surface area contributed by atoms with Gasteiger partial charge in [-0.3, -0.25) is 0 Å². The normalized spacial score (nSPS) is 19.7. The zero-order valence-corrected chi connectivity index (χ0v) is 24.4. The first-order valence-corrected chi connectivity index (χ1v) is 14.9. The third-order valence-corrected chi connectivity index (χ3v) is 8.79. The van der Waals surface area contributed by atoms with Crippen molar-refractivity contribution in [2.75, 3.05) is 66.6 Å². The van der Waals surface area contributed by atoms with Crippen LogP contribution in [0.5, 0.6) is 11.5 Å². The van der Waals surface area contributed by atoms with Crippen LogP contribution in [-0.4, -0.2) is 75.5 Å². The van der Waals surface area contributed by atoms with E-state index in [2.05, 4.69) is 88.6 Å². The molecule has 2 aromatic carbocycles. The molecular weight excluding hydrogens is 468 g/mol. The van der Waals surface area contributed by atoms with Crippen LogP contribution in [-0.2, 0) is 0 Å². The zero-order chi connectivity index (χ0) is 26.8. The van der Waals surface area contributed by atoms with Crippen molar-refractivity contribution in [3.63, 3.8) is 0 Å². The van der Waals surface area contributed by atoms with Crippen molar-refractivity contribution in [1.82, 2.24) is 0 Å². The summed E-state index contributed by atoms with van der Waals surface area (Å²) in [6, 6.07) is 17.2. The highest BCUT2D eigenvalue weighted by atomic mass is 16.5. The van der Waals surface area contributed by atoms with Crippen LogP contribution in [0.15, 0.2) is 60.7 Å². The molecule has 0 aliphatic carbocycles. The number of hydrogen-bond acceptors (Lipinski definition) is 2. The van der Waals surface area contributed by atoms with Crippen molar-refractivity contribution in [3.8, 4) is 11.5 Å². The van der Waals surface area contributed by atoms with Crippen molar-refractivity contribution >= 4 is 11.1 Å². The van der Waals surface area contributed by atoms with Crippen LogP contribution in [0.1, 0.15) is 63.5 Å². The molecule has 0 atom stereocenters. The van der Waals surface area contributed by atoms with E-state index >= 15 is 0 Å². The number of allylic oxidation sites excluding steroid dienone is 4. The lowest BCUT2D eigenvalue weighted by molar-refractivity contribution is -0.914. The summed E-state index contributed by atoms with van der Waals surface area (Å²) in [5.41, 5.74) is 4.90. The highest BCUT2D eigenvalue weighted by molar-refractivity contribution is 6.04. The summed E-state index contributed by atoms with van der Waals surface area (Å²) in [5.74, 6) is 1.91. The molecule has 0 saturated carbocycles. The Hall–Kier alpha value is -2.56. The molecule has 38 heavy (non-hydrogen) atoms. The molecular formula is C34H50N2O2+2. The lowest BCUT2D eigenvalue weighted by atomic mass is 9.92. The van der Waals surface area contributed by atoms with E-state index in [1.807, 2.05) is 0 Å². The Morgan fingerprint density at radius 1 is 0.579 bits per heavy atom. The summed E-state index contributed by atoms with van der Waals surface area (Å²) in [5, 5.41) is 0. The van der Waals surface area contributed by atoms with E-state index in [0.717, 1.165) is 46.8 Å². The van der Waals surface area contributed by atoms with E-state index in [1.165, 1.54) is 87.0 Å². The van der Waals surface area contributed by atoms with Crippen LogP contribution >= 0.6 is 0 Å². The van der Waals surface area contributed by atoms with Crippen LogP contribution in [0, 0.1) is 0 Å². The smallest absolute Gasteiger partial charge is 0.137 e. The third kappa shape index (κ3) is 7.74. The first-order valence-electron chi connectivity index (χ1n) is 14.9. The molecule has 4 heteroatoms. The molecule has 0 unspecified atom stereocenters. The van der Waals surface area contributed by atoms with E-state index in [9.17, 15) is 0 Å². The molecule has 0 radical (unpaired) electrons. The fraction of sp³-hybridized carbons (Fsp3) is 0.529. The largest absolute Gasteiger partial charge is 0.488 e. The number of likely N-dealkylation sites (tertiary alicyclic amines) is 2. The predicted molar refractivity (Wildman–Crippen MR) is 160 cm³/mol. The number of likely N-dealkylation sites (N-methyl/N-ethyl adjacent to an activating group) is 2. The second-order valence-electron chi connectivity index (χ2n) is 11.9. The minimum absolute atomic E-state index is 0.777. The Balaban J connectivity index is 1.32. The average molecular weight is 519 g/mol. The van der Waals surface area contributed by atoms with Crippen LogP contribution in [0.25, 0.3) is 11.1 Å². The fourth-order valence-electron chi connectivity index (χ4n) is 6.18. The summed E-state index contributed by atoms with van der Waals surface area (Å²) < 4.78 is 14.6. The number of rotatable bonds is 11. The molecule has 4 nitrogen and oxygen atoms in total. The first kappa shape index (κ1) is 28.4. The first-order chi connectivity index (χ1) is 18.4. The summed E-state index contributed by atoms with van der Waals surface area (Å²) in [7, 11) is 4.75. The number of nitrogens with zero attached hydrogens (tertiary/aromatic N) is 2. The minimum Gasteiger partial charge on any atom is -0.488 e. The van der Waals surface area contributed by atoms with Crippen molar-refractivity contribution in [3.05, 3.63) is 71.8 Å². The Morgan fingerprint density at radius 2 is 0.921 bits per heavy atom. The third-order valence-electron chi connectivity index (χ3n) is 8.79. The lowest BCUT2D eigenvalue weighted by Crippen LogP contribution is -2.50. The number of benzene rings is 2. The van der Waals surface area contributed by atoms with Gasteiger partial charge >= 0.3 is 0 Å². The SMILES string of the molecule is C/C=C(/C(=C/C)c1ccc(OCC[N+]2(C)CCCCC2)cc1)c1ccc(OCC[N+]2(C)CCCCC2)cc1. The van der Waals surface area contributed by atoms with Gasteiger partial charge in [0.15, 0.2) is 0 Å². The van der Waals surface area contributed by atoms with E-state index in [4.69, 9.17) is 9.47 Å². The quantitative estimate of drug-likeness (QED) is 0.231. The van der Waals surface area contributed by atoms with Gasteiger partial charge in [-0.15, -0.1) is 0 Å². The van der Waals surface area contributed by atoms with Crippen molar-refractivity contribution in [1.29, 1.82) is 0 Å². The summed E-state index contributed by atoms with van der Waals surface area (Å²) >= 11 is 0. The molecule has 2 aliphatic heterocycles. The molecule has 0 spiro atoms. The molecule has 0 N–H and O–H groups in total. The number of piperidine rings is 2. The van der Waals surface area contributed by atoms with Crippen LogP contribution in [0.4, 0.5) is 0 Å². The Labute approximate surface area is 231 Å². The maximum absolute atomic E-state index is 6.14. The van der Waals surface area contributed by atoms with Gasteiger partial charge in [0, 0.05) is 0 Å². The second kappa shape index (κ2) is 13.5. The van der Waals surface area contributed by atoms with E-state index in [0.29, 0.717) is 0 Å². The van der Waals surface area contributed by atoms with E-state index in [1.54, 1.807) is 0 Å². The van der Waals surface area contributed by atoms with Gasteiger partial charge in [-0.05, 0) is 98.9 Å². The molecule has 0 bridgehead atoms. The Morgan fingerprint density at radius 3 is 1.24 bits per heavy atom. The van der Waals surface area contributed by atoms with E-state index < -0.39 is 0 Å². The standard InChI is InChI=1S/C34H50N2O2/c1-5-33(29-13-17-31(18-14-29)37-27-25-35(3)21-9-7-10-22-35)34(6-2)30-15-19-32(20-16-30)38-28-26-36(4)23-11-8-12-24-36/h5-6,13-20H,7-12,21-28H2,1-4H3/q+2/b33-5+,34-6+. The van der Waals surface area contributed by atoms with Crippen LogP contribution < -0.4 is 9.47 Å². The zero-order valence-electron chi connectivity index (χ0n) is 24.4. The van der Waals surface area contributed by atoms with Gasteiger partial charge in [0.2, 0.25) is 0 Å². The van der Waals surface area contributed by atoms with Gasteiger partial charge in [0.1, 0.15) is 37.8 Å². The number of ether oxygens (including phenoxy) is 2. The number of hydrogen-bond donors (Lipinski definition) is 0. The molecule has 2 saturated heterocycles. The van der Waals surface area contributed by atoms with Crippen molar-refractivity contribution < 1.29 is 18.4 Å². The van der Waals surface area contributed by atoms with Crippen LogP contribution in [0.2, 0.25) is 0 Å². The molecule has 206 valence electrons. The maximum atomic E-state index is 6.14. The van der Waals surface area contributed by atoms with Gasteiger partial charge in [0.05, 0.1) is 40.3 Å². The monoisotopic (exact) mass is 518 g/mol. The van der Waals surface area contributed by atoms with Crippen molar-refractivity contribution in [2.45, 2.75) is 52.4 Å². The highest BCUT2D eigenvalue weighted by Gasteiger charge is 2.25. The second-order valence-corrected chi connectivity index (χ2v) is 11.9. The van der Waals surface area contributed by atoms with Gasteiger partial charge in [-0.2, -0.15) is 0 Å². The topological polar surface area (TPSA) is 18.5 Å². The molecule has 4 rings (SSSR count). The summed E-state index contributed by atoms with van der Waals surface area (Å²) in [6.45, 7) is 13.1. The molecule has 2 aromatic rings. The van der Waals surface area contributed by atoms with Gasteiger partial charge < -0.3 is 18.4 Å². The minimum atomic E-state index is 0.777. The maximum Gasteiger partial charge on any atom is 0.137 e. The molecule has 0 aromatic heterocycles. The van der Waals surface area contributed by atoms with Crippen LogP contribution in [0.3, 0.4) is 0 Å². The molecule has 2 aliphatic rings. The lowest BCUT2D eigenvalue weighted by Gasteiger charge is -2.37. The Bertz CT molecular complexity index is 969. The van der Waals surface area contributed by atoms with Gasteiger partial charge in [-0.25, -0.2) is 0 Å². The summed E-state index contributed by atoms with van der Waals surface area (Å²) in [4.78, 5) is 0. The average Bonchev–Trinajstić information content (AvgIpc) is 2.93. The molecule has 2 heterocycles. The van der Waals surface area contributed by atoms with Crippen molar-refractivity contribution in [2.24, 2.45) is 0 Å². The summed E-state index contributed by atoms with van der Waals surface area (Å²) in [6.07, 6.45) is 12.6. The van der Waals surface area contributed by atoms with Gasteiger partial charge in [0.25, 0.3) is 0 Å². The van der Waals surface area contributed by atoms with E-state index in [-0.39, 0.29) is 0 Å². The number of quaternary nitrogens is 2. The molecule has 0 amide bonds. The predicted octanol–water partition coefficient (Wildman–Crippen LogP) is 7.21. The van der Waals surface area contributed by atoms with Gasteiger partial charge in [-0.1, -0.05) is 36.4 Å².